The number of ether oxygens (including phenoxy) is 3. The molecule has 0 atom stereocenters. The quantitative estimate of drug-likeness (QED) is 0.406. The number of allylic oxidation sites excluding steroid dienone is 1. The highest BCUT2D eigenvalue weighted by Crippen LogP contribution is 2.40. The van der Waals surface area contributed by atoms with Crippen LogP contribution < -0.4 is 19.1 Å². The summed E-state index contributed by atoms with van der Waals surface area (Å²) in [6.07, 6.45) is 2.54. The van der Waals surface area contributed by atoms with Gasteiger partial charge in [-0.2, -0.15) is 0 Å². The van der Waals surface area contributed by atoms with Gasteiger partial charge in [-0.25, -0.2) is 0 Å². The number of methoxy groups -OCH3 is 3. The number of Topliss-reactive ketones (excluding diaryl/α,β-unsaturated/α-hetero) is 1. The summed E-state index contributed by atoms with van der Waals surface area (Å²) in [6, 6.07) is 11.7. The molecule has 0 saturated heterocycles. The first kappa shape index (κ1) is 22.3. The summed E-state index contributed by atoms with van der Waals surface area (Å²) in [7, 11) is 4.61. The summed E-state index contributed by atoms with van der Waals surface area (Å²) in [5, 5.41) is 0. The molecule has 156 valence electrons. The Hall–Kier alpha value is -2.95. The fourth-order valence-electron chi connectivity index (χ4n) is 3.35. The normalized spacial score (nSPS) is 11.2. The van der Waals surface area contributed by atoms with Gasteiger partial charge in [-0.1, -0.05) is 19.1 Å². The predicted octanol–water partition coefficient (Wildman–Crippen LogP) is 5.23. The number of ketones is 1. The van der Waals surface area contributed by atoms with Crippen LogP contribution in [0, 0.1) is 0 Å². The second kappa shape index (κ2) is 10.6. The summed E-state index contributed by atoms with van der Waals surface area (Å²) >= 11 is 0. The molecule has 0 radical (unpaired) electrons. The largest absolute Gasteiger partial charge is 0.493 e. The summed E-state index contributed by atoms with van der Waals surface area (Å²) in [5.74, 6) is 1.24. The third-order valence-electron chi connectivity index (χ3n) is 4.98. The first-order chi connectivity index (χ1) is 14.0. The first-order valence-electron chi connectivity index (χ1n) is 9.93. The monoisotopic (exact) mass is 397 g/mol. The van der Waals surface area contributed by atoms with Crippen molar-refractivity contribution in [2.24, 2.45) is 0 Å². The van der Waals surface area contributed by atoms with E-state index in [2.05, 4.69) is 30.9 Å². The summed E-state index contributed by atoms with van der Waals surface area (Å²) < 4.78 is 16.2. The molecule has 2 rings (SSSR count). The van der Waals surface area contributed by atoms with E-state index in [1.807, 2.05) is 25.1 Å². The maximum absolute atomic E-state index is 13.2. The van der Waals surface area contributed by atoms with Gasteiger partial charge in [-0.3, -0.25) is 4.79 Å². The summed E-state index contributed by atoms with van der Waals surface area (Å²) in [5.41, 5.74) is 3.33. The molecule has 0 saturated carbocycles. The van der Waals surface area contributed by atoms with Crippen molar-refractivity contribution in [1.29, 1.82) is 0 Å². The molecular formula is C24H31NO4. The van der Waals surface area contributed by atoms with Gasteiger partial charge in [0.1, 0.15) is 0 Å². The molecule has 29 heavy (non-hydrogen) atoms. The van der Waals surface area contributed by atoms with Crippen molar-refractivity contribution < 1.29 is 19.0 Å². The number of rotatable bonds is 10. The van der Waals surface area contributed by atoms with E-state index in [1.54, 1.807) is 19.2 Å². The van der Waals surface area contributed by atoms with Crippen LogP contribution >= 0.6 is 0 Å². The predicted molar refractivity (Wildman–Crippen MR) is 119 cm³/mol. The molecule has 0 heterocycles. The minimum absolute atomic E-state index is 0.0851. The Labute approximate surface area is 173 Å². The molecule has 0 fully saturated rings. The molecule has 0 bridgehead atoms. The van der Waals surface area contributed by atoms with Crippen molar-refractivity contribution in [3.8, 4) is 17.2 Å². The van der Waals surface area contributed by atoms with E-state index in [4.69, 9.17) is 14.2 Å². The maximum atomic E-state index is 13.2. The Morgan fingerprint density at radius 1 is 0.862 bits per heavy atom. The van der Waals surface area contributed by atoms with Gasteiger partial charge in [0.2, 0.25) is 5.75 Å². The SMILES string of the molecule is CC/C(=C\c1ccc(N(CC)CC)cc1)C(=O)c1ccc(OC)c(OC)c1OC. The van der Waals surface area contributed by atoms with Crippen LogP contribution in [0.1, 0.15) is 43.1 Å². The van der Waals surface area contributed by atoms with Gasteiger partial charge in [0, 0.05) is 24.4 Å². The van der Waals surface area contributed by atoms with Crippen LogP contribution in [0.15, 0.2) is 42.0 Å². The minimum atomic E-state index is -0.0851. The second-order valence-corrected chi connectivity index (χ2v) is 6.50. The Morgan fingerprint density at radius 2 is 1.48 bits per heavy atom. The zero-order valence-electron chi connectivity index (χ0n) is 18.2. The van der Waals surface area contributed by atoms with Crippen molar-refractivity contribution in [2.45, 2.75) is 27.2 Å². The van der Waals surface area contributed by atoms with Crippen molar-refractivity contribution >= 4 is 17.5 Å². The van der Waals surface area contributed by atoms with Crippen molar-refractivity contribution in [2.75, 3.05) is 39.3 Å². The van der Waals surface area contributed by atoms with Gasteiger partial charge in [0.25, 0.3) is 0 Å². The van der Waals surface area contributed by atoms with E-state index in [0.717, 1.165) is 18.7 Å². The Balaban J connectivity index is 2.40. The molecule has 2 aromatic carbocycles. The smallest absolute Gasteiger partial charge is 0.204 e. The number of hydrogen-bond acceptors (Lipinski definition) is 5. The number of carbonyl (C=O) groups excluding carboxylic acids is 1. The zero-order valence-corrected chi connectivity index (χ0v) is 18.2. The lowest BCUT2D eigenvalue weighted by Gasteiger charge is -2.21. The fourth-order valence-corrected chi connectivity index (χ4v) is 3.35. The molecule has 0 N–H and O–H groups in total. The highest BCUT2D eigenvalue weighted by atomic mass is 16.5. The standard InChI is InChI=1S/C24H31NO4/c1-7-18(16-17-10-12-19(13-11-17)25(8-2)9-3)22(26)20-14-15-21(27-4)24(29-6)23(20)28-5/h10-16H,7-9H2,1-6H3/b18-16+. The van der Waals surface area contributed by atoms with Crippen LogP contribution in [0.4, 0.5) is 5.69 Å². The Bertz CT molecular complexity index is 852. The molecule has 5 heteroatoms. The van der Waals surface area contributed by atoms with Crippen molar-refractivity contribution in [3.05, 3.63) is 53.1 Å². The molecule has 2 aromatic rings. The first-order valence-corrected chi connectivity index (χ1v) is 9.93. The lowest BCUT2D eigenvalue weighted by molar-refractivity contribution is 0.102. The fraction of sp³-hybridized carbons (Fsp3) is 0.375. The van der Waals surface area contributed by atoms with Crippen LogP contribution in [0.25, 0.3) is 6.08 Å². The molecule has 5 nitrogen and oxygen atoms in total. The van der Waals surface area contributed by atoms with Gasteiger partial charge in [0.15, 0.2) is 17.3 Å². The van der Waals surface area contributed by atoms with E-state index in [-0.39, 0.29) is 5.78 Å². The van der Waals surface area contributed by atoms with Crippen LogP contribution in [0.5, 0.6) is 17.2 Å². The number of anilines is 1. The molecule has 0 spiro atoms. The molecule has 0 aromatic heterocycles. The topological polar surface area (TPSA) is 48.0 Å². The lowest BCUT2D eigenvalue weighted by Crippen LogP contribution is -2.21. The van der Waals surface area contributed by atoms with E-state index >= 15 is 0 Å². The molecule has 0 aliphatic carbocycles. The zero-order chi connectivity index (χ0) is 21.4. The summed E-state index contributed by atoms with van der Waals surface area (Å²) in [6.45, 7) is 8.18. The molecule has 0 aliphatic heterocycles. The Kier molecular flexibility index (Phi) is 8.13. The molecule has 0 unspecified atom stereocenters. The van der Waals surface area contributed by atoms with Crippen molar-refractivity contribution in [1.82, 2.24) is 0 Å². The van der Waals surface area contributed by atoms with Gasteiger partial charge >= 0.3 is 0 Å². The van der Waals surface area contributed by atoms with Crippen molar-refractivity contribution in [3.63, 3.8) is 0 Å². The number of carbonyl (C=O) groups is 1. The highest BCUT2D eigenvalue weighted by Gasteiger charge is 2.22. The minimum Gasteiger partial charge on any atom is -0.493 e. The molecule has 0 amide bonds. The van der Waals surface area contributed by atoms with Gasteiger partial charge in [-0.05, 0) is 56.2 Å². The van der Waals surface area contributed by atoms with E-state index in [1.165, 1.54) is 19.9 Å². The highest BCUT2D eigenvalue weighted by molar-refractivity contribution is 6.13. The summed E-state index contributed by atoms with van der Waals surface area (Å²) in [4.78, 5) is 15.5. The molecule has 0 aliphatic rings. The second-order valence-electron chi connectivity index (χ2n) is 6.50. The number of nitrogens with zero attached hydrogens (tertiary/aromatic N) is 1. The van der Waals surface area contributed by atoms with Gasteiger partial charge in [-0.15, -0.1) is 0 Å². The lowest BCUT2D eigenvalue weighted by atomic mass is 9.97. The van der Waals surface area contributed by atoms with E-state index in [0.29, 0.717) is 34.8 Å². The third-order valence-corrected chi connectivity index (χ3v) is 4.98. The van der Waals surface area contributed by atoms with Crippen LogP contribution in [-0.4, -0.2) is 40.2 Å². The maximum Gasteiger partial charge on any atom is 0.204 e. The van der Waals surface area contributed by atoms with E-state index in [9.17, 15) is 4.79 Å². The number of hydrogen-bond donors (Lipinski definition) is 0. The average molecular weight is 398 g/mol. The molecular weight excluding hydrogens is 366 g/mol. The average Bonchev–Trinajstić information content (AvgIpc) is 2.77. The number of benzene rings is 2. The van der Waals surface area contributed by atoms with Gasteiger partial charge < -0.3 is 19.1 Å². The van der Waals surface area contributed by atoms with Crippen LogP contribution in [-0.2, 0) is 0 Å². The van der Waals surface area contributed by atoms with Crippen LogP contribution in [0.2, 0.25) is 0 Å². The Morgan fingerprint density at radius 3 is 1.97 bits per heavy atom. The van der Waals surface area contributed by atoms with E-state index < -0.39 is 0 Å². The third kappa shape index (κ3) is 4.91. The van der Waals surface area contributed by atoms with Gasteiger partial charge in [0.05, 0.1) is 26.9 Å². The van der Waals surface area contributed by atoms with Crippen LogP contribution in [0.3, 0.4) is 0 Å².